The summed E-state index contributed by atoms with van der Waals surface area (Å²) in [6.07, 6.45) is 6.96. The van der Waals surface area contributed by atoms with Crippen LogP contribution in [0.15, 0.2) is 23.2 Å². The zero-order valence-corrected chi connectivity index (χ0v) is 11.9. The van der Waals surface area contributed by atoms with Gasteiger partial charge in [-0.1, -0.05) is 0 Å². The lowest BCUT2D eigenvalue weighted by molar-refractivity contribution is -0.122. The van der Waals surface area contributed by atoms with Gasteiger partial charge in [0.05, 0.1) is 18.1 Å². The molecule has 0 saturated carbocycles. The highest BCUT2D eigenvalue weighted by molar-refractivity contribution is 9.10. The van der Waals surface area contributed by atoms with Gasteiger partial charge in [-0.15, -0.1) is 0 Å². The molecule has 0 bridgehead atoms. The largest absolute Gasteiger partial charge is 0.355 e. The average molecular weight is 324 g/mol. The van der Waals surface area contributed by atoms with E-state index in [0.717, 1.165) is 28.9 Å². The van der Waals surface area contributed by atoms with Gasteiger partial charge in [0.1, 0.15) is 4.60 Å². The van der Waals surface area contributed by atoms with Crippen LogP contribution in [0.5, 0.6) is 0 Å². The number of nitrogens with zero attached hydrogens (tertiary/aromatic N) is 3. The summed E-state index contributed by atoms with van der Waals surface area (Å²) in [7, 11) is 0. The van der Waals surface area contributed by atoms with Gasteiger partial charge in [-0.3, -0.25) is 9.20 Å². The van der Waals surface area contributed by atoms with Crippen LogP contribution in [-0.2, 0) is 11.3 Å². The second-order valence-electron chi connectivity index (χ2n) is 4.61. The molecule has 6 nitrogen and oxygen atoms in total. The van der Waals surface area contributed by atoms with Gasteiger partial charge in [0.15, 0.2) is 5.65 Å². The molecule has 1 fully saturated rings. The van der Waals surface area contributed by atoms with Crippen molar-refractivity contribution in [2.45, 2.75) is 25.4 Å². The molecule has 2 N–H and O–H groups in total. The molecule has 100 valence electrons. The van der Waals surface area contributed by atoms with Crippen molar-refractivity contribution in [1.29, 1.82) is 0 Å². The lowest BCUT2D eigenvalue weighted by atomic mass is 10.1. The monoisotopic (exact) mass is 323 g/mol. The number of aromatic nitrogens is 3. The predicted molar refractivity (Wildman–Crippen MR) is 73.6 cm³/mol. The van der Waals surface area contributed by atoms with E-state index in [1.807, 2.05) is 16.8 Å². The molecule has 0 aromatic carbocycles. The molecule has 2 aromatic rings. The number of carbonyl (C=O) groups excluding carboxylic acids is 1. The molecule has 1 amide bonds. The third kappa shape index (κ3) is 2.76. The van der Waals surface area contributed by atoms with E-state index in [0.29, 0.717) is 19.0 Å². The van der Waals surface area contributed by atoms with Gasteiger partial charge in [0.2, 0.25) is 5.91 Å². The number of carbonyl (C=O) groups is 1. The quantitative estimate of drug-likeness (QED) is 0.878. The summed E-state index contributed by atoms with van der Waals surface area (Å²) in [6.45, 7) is 1.42. The van der Waals surface area contributed by atoms with E-state index in [4.69, 9.17) is 0 Å². The Morgan fingerprint density at radius 2 is 2.37 bits per heavy atom. The Hall–Kier alpha value is -1.47. The van der Waals surface area contributed by atoms with Crippen LogP contribution < -0.4 is 10.6 Å². The molecule has 2 aromatic heterocycles. The number of hydrogen-bond donors (Lipinski definition) is 2. The van der Waals surface area contributed by atoms with E-state index in [1.165, 1.54) is 0 Å². The maximum atomic E-state index is 11.1. The van der Waals surface area contributed by atoms with Crippen LogP contribution >= 0.6 is 15.9 Å². The molecule has 1 aliphatic rings. The molecule has 1 saturated heterocycles. The van der Waals surface area contributed by atoms with Crippen molar-refractivity contribution in [3.05, 3.63) is 28.9 Å². The van der Waals surface area contributed by atoms with E-state index >= 15 is 0 Å². The Morgan fingerprint density at radius 1 is 1.47 bits per heavy atom. The van der Waals surface area contributed by atoms with Crippen molar-refractivity contribution in [2.75, 3.05) is 6.54 Å². The highest BCUT2D eigenvalue weighted by Gasteiger charge is 2.17. The normalized spacial score (nSPS) is 19.6. The standard InChI is InChI=1S/C12H14BrN5O/c13-10-7-18-9(5-16-11(18)6-15-10)4-14-8-1-2-12(19)17-3-8/h5-8,14H,1-4H2,(H,17,19). The average Bonchev–Trinajstić information content (AvgIpc) is 2.80. The van der Waals surface area contributed by atoms with Crippen LogP contribution in [0.3, 0.4) is 0 Å². The minimum absolute atomic E-state index is 0.142. The topological polar surface area (TPSA) is 71.3 Å². The van der Waals surface area contributed by atoms with Crippen molar-refractivity contribution in [3.63, 3.8) is 0 Å². The van der Waals surface area contributed by atoms with Crippen LogP contribution in [0.25, 0.3) is 5.65 Å². The number of nitrogens with one attached hydrogen (secondary N) is 2. The number of amides is 1. The number of rotatable bonds is 3. The molecule has 0 aliphatic carbocycles. The molecule has 1 atom stereocenters. The third-order valence-electron chi connectivity index (χ3n) is 3.28. The van der Waals surface area contributed by atoms with Gasteiger partial charge < -0.3 is 10.6 Å². The fourth-order valence-corrected chi connectivity index (χ4v) is 2.51. The smallest absolute Gasteiger partial charge is 0.220 e. The zero-order valence-electron chi connectivity index (χ0n) is 10.3. The summed E-state index contributed by atoms with van der Waals surface area (Å²) in [5.41, 5.74) is 1.91. The number of imidazole rings is 1. The molecule has 7 heteroatoms. The Balaban J connectivity index is 1.68. The molecular formula is C12H14BrN5O. The summed E-state index contributed by atoms with van der Waals surface area (Å²) in [5, 5.41) is 6.31. The fraction of sp³-hybridized carbons (Fsp3) is 0.417. The van der Waals surface area contributed by atoms with Crippen molar-refractivity contribution in [1.82, 2.24) is 25.0 Å². The molecule has 19 heavy (non-hydrogen) atoms. The van der Waals surface area contributed by atoms with Crippen molar-refractivity contribution >= 4 is 27.5 Å². The highest BCUT2D eigenvalue weighted by Crippen LogP contribution is 2.11. The molecule has 0 radical (unpaired) electrons. The first-order chi connectivity index (χ1) is 9.22. The second-order valence-corrected chi connectivity index (χ2v) is 5.42. The van der Waals surface area contributed by atoms with Gasteiger partial charge in [-0.05, 0) is 22.4 Å². The molecule has 3 rings (SSSR count). The van der Waals surface area contributed by atoms with E-state index in [9.17, 15) is 4.79 Å². The molecule has 1 unspecified atom stereocenters. The number of piperidine rings is 1. The summed E-state index contributed by atoms with van der Waals surface area (Å²) in [4.78, 5) is 19.5. The first-order valence-electron chi connectivity index (χ1n) is 6.20. The third-order valence-corrected chi connectivity index (χ3v) is 3.69. The summed E-state index contributed by atoms with van der Waals surface area (Å²) in [5.74, 6) is 0.142. The van der Waals surface area contributed by atoms with Gasteiger partial charge in [0.25, 0.3) is 0 Å². The SMILES string of the molecule is O=C1CCC(NCc2cnc3cnc(Br)cn23)CN1. The maximum absolute atomic E-state index is 11.1. The van der Waals surface area contributed by atoms with Gasteiger partial charge in [-0.2, -0.15) is 0 Å². The van der Waals surface area contributed by atoms with Gasteiger partial charge >= 0.3 is 0 Å². The molecule has 0 spiro atoms. The zero-order chi connectivity index (χ0) is 13.2. The first-order valence-corrected chi connectivity index (χ1v) is 6.99. The van der Waals surface area contributed by atoms with Crippen molar-refractivity contribution < 1.29 is 4.79 Å². The van der Waals surface area contributed by atoms with Crippen molar-refractivity contribution in [2.24, 2.45) is 0 Å². The Labute approximate surface area is 118 Å². The molecule has 1 aliphatic heterocycles. The second kappa shape index (κ2) is 5.26. The van der Waals surface area contributed by atoms with E-state index in [2.05, 4.69) is 36.5 Å². The van der Waals surface area contributed by atoms with Gasteiger partial charge in [0, 0.05) is 31.7 Å². The van der Waals surface area contributed by atoms with Crippen LogP contribution in [0.2, 0.25) is 0 Å². The lowest BCUT2D eigenvalue weighted by Crippen LogP contribution is -2.45. The number of fused-ring (bicyclic) bond motifs is 1. The van der Waals surface area contributed by atoms with E-state index in [1.54, 1.807) is 6.20 Å². The summed E-state index contributed by atoms with van der Waals surface area (Å²) < 4.78 is 2.79. The summed E-state index contributed by atoms with van der Waals surface area (Å²) >= 11 is 3.36. The van der Waals surface area contributed by atoms with Crippen LogP contribution in [0.4, 0.5) is 0 Å². The van der Waals surface area contributed by atoms with E-state index < -0.39 is 0 Å². The Kier molecular flexibility index (Phi) is 3.48. The maximum Gasteiger partial charge on any atom is 0.220 e. The fourth-order valence-electron chi connectivity index (χ4n) is 2.20. The summed E-state index contributed by atoms with van der Waals surface area (Å²) in [6, 6.07) is 0.327. The van der Waals surface area contributed by atoms with Crippen LogP contribution in [0.1, 0.15) is 18.5 Å². The molecule has 3 heterocycles. The Bertz CT molecular complexity index is 601. The predicted octanol–water partition coefficient (Wildman–Crippen LogP) is 0.860. The number of hydrogen-bond acceptors (Lipinski definition) is 4. The first kappa shape index (κ1) is 12.6. The van der Waals surface area contributed by atoms with Crippen LogP contribution in [-0.4, -0.2) is 32.9 Å². The van der Waals surface area contributed by atoms with E-state index in [-0.39, 0.29) is 5.91 Å². The minimum atomic E-state index is 0.142. The lowest BCUT2D eigenvalue weighted by Gasteiger charge is -2.23. The molecular weight excluding hydrogens is 310 g/mol. The number of halogens is 1. The highest BCUT2D eigenvalue weighted by atomic mass is 79.9. The Morgan fingerprint density at radius 3 is 3.16 bits per heavy atom. The van der Waals surface area contributed by atoms with Gasteiger partial charge in [-0.25, -0.2) is 9.97 Å². The van der Waals surface area contributed by atoms with Crippen molar-refractivity contribution in [3.8, 4) is 0 Å². The minimum Gasteiger partial charge on any atom is -0.355 e. The van der Waals surface area contributed by atoms with Crippen LogP contribution in [0, 0.1) is 0 Å².